The van der Waals surface area contributed by atoms with Crippen molar-refractivity contribution >= 4 is 21.1 Å². The highest BCUT2D eigenvalue weighted by Gasteiger charge is 2.53. The van der Waals surface area contributed by atoms with Crippen molar-refractivity contribution in [2.45, 2.75) is 66.3 Å². The lowest BCUT2D eigenvalue weighted by atomic mass is 9.78. The lowest BCUT2D eigenvalue weighted by Gasteiger charge is -2.40. The van der Waals surface area contributed by atoms with Crippen molar-refractivity contribution in [2.75, 3.05) is 19.8 Å². The molecule has 0 aliphatic carbocycles. The van der Waals surface area contributed by atoms with Crippen molar-refractivity contribution in [3.8, 4) is 0 Å². The Morgan fingerprint density at radius 1 is 1.29 bits per heavy atom. The van der Waals surface area contributed by atoms with E-state index in [2.05, 4.69) is 40.4 Å². The zero-order valence-corrected chi connectivity index (χ0v) is 19.7. The van der Waals surface area contributed by atoms with Gasteiger partial charge in [0.25, 0.3) is 0 Å². The van der Waals surface area contributed by atoms with Crippen LogP contribution in [0.3, 0.4) is 0 Å². The fourth-order valence-corrected chi connectivity index (χ4v) is 4.66. The molecular weight excluding hydrogens is 374 g/mol. The average molecular weight is 412 g/mol. The Morgan fingerprint density at radius 3 is 2.43 bits per heavy atom. The predicted molar refractivity (Wildman–Crippen MR) is 114 cm³/mol. The SMILES string of the molecule is C=CCOC(=O)N1C[C@@H](C(C)(C)C)C[C@]1(O[SiH](C)C)C(C)=CCC(=O)OCC. The van der Waals surface area contributed by atoms with Crippen LogP contribution < -0.4 is 0 Å². The van der Waals surface area contributed by atoms with E-state index in [1.807, 2.05) is 13.0 Å². The molecule has 1 heterocycles. The van der Waals surface area contributed by atoms with Crippen molar-refractivity contribution in [2.24, 2.45) is 11.3 Å². The Labute approximate surface area is 171 Å². The van der Waals surface area contributed by atoms with Gasteiger partial charge in [0.15, 0.2) is 14.8 Å². The van der Waals surface area contributed by atoms with Crippen LogP contribution in [-0.2, 0) is 18.7 Å². The molecule has 0 aromatic rings. The summed E-state index contributed by atoms with van der Waals surface area (Å²) in [5.41, 5.74) is -0.0328. The monoisotopic (exact) mass is 411 g/mol. The molecule has 2 atom stereocenters. The minimum Gasteiger partial charge on any atom is -0.466 e. The van der Waals surface area contributed by atoms with E-state index in [9.17, 15) is 9.59 Å². The summed E-state index contributed by atoms with van der Waals surface area (Å²) >= 11 is 0. The Bertz CT molecular complexity index is 596. The standard InChI is InChI=1S/C21H37NO5Si/c1-9-13-26-19(24)22-15-17(20(4,5)6)14-21(22,27-28(7)8)16(3)11-12-18(23)25-10-2/h9,11,17,28H,1,10,12-15H2,2-8H3/t17-,21-/m0/s1. The molecule has 0 aromatic carbocycles. The molecule has 7 heteroatoms. The quantitative estimate of drug-likeness (QED) is 0.339. The van der Waals surface area contributed by atoms with Crippen LogP contribution in [0, 0.1) is 11.3 Å². The van der Waals surface area contributed by atoms with Gasteiger partial charge in [0.05, 0.1) is 13.0 Å². The maximum Gasteiger partial charge on any atom is 0.412 e. The van der Waals surface area contributed by atoms with Gasteiger partial charge < -0.3 is 13.9 Å². The average Bonchev–Trinajstić information content (AvgIpc) is 2.98. The lowest BCUT2D eigenvalue weighted by Crippen LogP contribution is -2.52. The van der Waals surface area contributed by atoms with Crippen LogP contribution in [0.25, 0.3) is 0 Å². The highest BCUT2D eigenvalue weighted by molar-refractivity contribution is 6.48. The summed E-state index contributed by atoms with van der Waals surface area (Å²) in [6.07, 6.45) is 3.80. The number of nitrogens with zero attached hydrogens (tertiary/aromatic N) is 1. The van der Waals surface area contributed by atoms with E-state index in [1.54, 1.807) is 17.9 Å². The third-order valence-corrected chi connectivity index (χ3v) is 5.92. The molecule has 0 bridgehead atoms. The summed E-state index contributed by atoms with van der Waals surface area (Å²) in [6.45, 7) is 19.0. The van der Waals surface area contributed by atoms with Crippen molar-refractivity contribution in [1.82, 2.24) is 4.90 Å². The van der Waals surface area contributed by atoms with Gasteiger partial charge in [-0.05, 0) is 43.8 Å². The summed E-state index contributed by atoms with van der Waals surface area (Å²) in [5.74, 6) is -0.0487. The minimum absolute atomic E-state index is 0.00202. The highest BCUT2D eigenvalue weighted by Crippen LogP contribution is 2.47. The van der Waals surface area contributed by atoms with E-state index in [0.717, 1.165) is 5.57 Å². The first-order valence-corrected chi connectivity index (χ1v) is 12.8. The first-order valence-electron chi connectivity index (χ1n) is 10.0. The predicted octanol–water partition coefficient (Wildman–Crippen LogP) is 4.27. The Hall–Kier alpha value is -1.60. The number of ether oxygens (including phenoxy) is 2. The summed E-state index contributed by atoms with van der Waals surface area (Å²) < 4.78 is 16.9. The number of carbonyl (C=O) groups excluding carboxylic acids is 2. The maximum atomic E-state index is 12.9. The van der Waals surface area contributed by atoms with E-state index in [0.29, 0.717) is 19.6 Å². The first-order chi connectivity index (χ1) is 13.0. The van der Waals surface area contributed by atoms with Gasteiger partial charge in [0.1, 0.15) is 6.61 Å². The van der Waals surface area contributed by atoms with E-state index in [4.69, 9.17) is 13.9 Å². The van der Waals surface area contributed by atoms with Crippen LogP contribution in [0.2, 0.25) is 13.1 Å². The van der Waals surface area contributed by atoms with Crippen LogP contribution in [0.15, 0.2) is 24.3 Å². The van der Waals surface area contributed by atoms with Crippen LogP contribution in [0.1, 0.15) is 47.5 Å². The number of esters is 1. The first kappa shape index (κ1) is 24.4. The maximum absolute atomic E-state index is 12.9. The van der Waals surface area contributed by atoms with Crippen LogP contribution in [-0.4, -0.2) is 51.5 Å². The minimum atomic E-state index is -1.52. The zero-order valence-electron chi connectivity index (χ0n) is 18.5. The third-order valence-electron chi connectivity index (χ3n) is 5.06. The number of carbonyl (C=O) groups is 2. The molecule has 0 radical (unpaired) electrons. The fraction of sp³-hybridized carbons (Fsp3) is 0.714. The second-order valence-corrected chi connectivity index (χ2v) is 10.9. The molecule has 28 heavy (non-hydrogen) atoms. The summed E-state index contributed by atoms with van der Waals surface area (Å²) in [7, 11) is -1.52. The molecule has 1 fully saturated rings. The Kier molecular flexibility index (Phi) is 8.95. The van der Waals surface area contributed by atoms with E-state index >= 15 is 0 Å². The largest absolute Gasteiger partial charge is 0.466 e. The molecule has 6 nitrogen and oxygen atoms in total. The number of amides is 1. The Balaban J connectivity index is 3.32. The van der Waals surface area contributed by atoms with Gasteiger partial charge in [-0.1, -0.05) is 39.5 Å². The molecule has 1 aliphatic heterocycles. The zero-order chi connectivity index (χ0) is 21.5. The molecule has 0 N–H and O–H groups in total. The number of likely N-dealkylation sites (tertiary alicyclic amines) is 1. The third kappa shape index (κ3) is 6.20. The number of hydrogen-bond donors (Lipinski definition) is 0. The molecule has 1 aliphatic rings. The number of rotatable bonds is 8. The van der Waals surface area contributed by atoms with Gasteiger partial charge in [0, 0.05) is 13.0 Å². The fourth-order valence-electron chi connectivity index (χ4n) is 3.47. The molecule has 1 rings (SSSR count). The smallest absolute Gasteiger partial charge is 0.412 e. The van der Waals surface area contributed by atoms with Gasteiger partial charge in [-0.15, -0.1) is 0 Å². The van der Waals surface area contributed by atoms with Crippen molar-refractivity contribution in [1.29, 1.82) is 0 Å². The molecule has 0 unspecified atom stereocenters. The lowest BCUT2D eigenvalue weighted by molar-refractivity contribution is -0.142. The van der Waals surface area contributed by atoms with E-state index in [1.165, 1.54) is 0 Å². The van der Waals surface area contributed by atoms with Crippen molar-refractivity contribution < 1.29 is 23.5 Å². The van der Waals surface area contributed by atoms with Crippen LogP contribution in [0.4, 0.5) is 4.79 Å². The van der Waals surface area contributed by atoms with Gasteiger partial charge >= 0.3 is 12.1 Å². The summed E-state index contributed by atoms with van der Waals surface area (Å²) in [5, 5.41) is 0. The molecular formula is C21H37NO5Si. The van der Waals surface area contributed by atoms with Gasteiger partial charge in [0.2, 0.25) is 0 Å². The van der Waals surface area contributed by atoms with Crippen LogP contribution in [0.5, 0.6) is 0 Å². The second kappa shape index (κ2) is 10.3. The topological polar surface area (TPSA) is 65.1 Å². The van der Waals surface area contributed by atoms with Gasteiger partial charge in [-0.25, -0.2) is 4.79 Å². The van der Waals surface area contributed by atoms with Gasteiger partial charge in [-0.3, -0.25) is 9.69 Å². The molecule has 0 spiro atoms. The normalized spacial score (nSPS) is 23.1. The molecule has 160 valence electrons. The van der Waals surface area contributed by atoms with E-state index in [-0.39, 0.29) is 30.3 Å². The van der Waals surface area contributed by atoms with Crippen molar-refractivity contribution in [3.05, 3.63) is 24.3 Å². The summed E-state index contributed by atoms with van der Waals surface area (Å²) in [4.78, 5) is 26.5. The molecule has 1 amide bonds. The molecule has 0 aromatic heterocycles. The van der Waals surface area contributed by atoms with Crippen LogP contribution >= 0.6 is 0 Å². The van der Waals surface area contributed by atoms with Crippen molar-refractivity contribution in [3.63, 3.8) is 0 Å². The second-order valence-electron chi connectivity index (χ2n) is 8.59. The molecule has 0 saturated carbocycles. The molecule has 1 saturated heterocycles. The summed E-state index contributed by atoms with van der Waals surface area (Å²) in [6, 6.07) is 0. The van der Waals surface area contributed by atoms with Gasteiger partial charge in [-0.2, -0.15) is 0 Å². The Morgan fingerprint density at radius 2 is 1.93 bits per heavy atom. The van der Waals surface area contributed by atoms with E-state index < -0.39 is 20.9 Å². The highest BCUT2D eigenvalue weighted by atomic mass is 28.3. The number of hydrogen-bond acceptors (Lipinski definition) is 5.